The Kier molecular flexibility index (Phi) is 4.41. The summed E-state index contributed by atoms with van der Waals surface area (Å²) in [5, 5.41) is 3.16. The van der Waals surface area contributed by atoms with Gasteiger partial charge in [-0.3, -0.25) is 0 Å². The molecule has 0 saturated carbocycles. The van der Waals surface area contributed by atoms with Crippen molar-refractivity contribution in [3.8, 4) is 0 Å². The zero-order valence-corrected chi connectivity index (χ0v) is 13.1. The molecule has 7 nitrogen and oxygen atoms in total. The summed E-state index contributed by atoms with van der Waals surface area (Å²) in [5.74, 6) is 0.807. The molecule has 1 fully saturated rings. The summed E-state index contributed by atoms with van der Waals surface area (Å²) >= 11 is 5.87. The Morgan fingerprint density at radius 1 is 1.52 bits per heavy atom. The van der Waals surface area contributed by atoms with E-state index in [2.05, 4.69) is 15.3 Å². The van der Waals surface area contributed by atoms with Gasteiger partial charge < -0.3 is 20.7 Å². The lowest BCUT2D eigenvalue weighted by Crippen LogP contribution is -2.40. The van der Waals surface area contributed by atoms with Crippen LogP contribution in [0.15, 0.2) is 6.07 Å². The first-order valence-electron chi connectivity index (χ1n) is 6.77. The van der Waals surface area contributed by atoms with Crippen molar-refractivity contribution >= 4 is 29.5 Å². The van der Waals surface area contributed by atoms with Crippen LogP contribution in [0.5, 0.6) is 0 Å². The Morgan fingerprint density at radius 2 is 2.24 bits per heavy atom. The molecule has 1 aliphatic rings. The van der Waals surface area contributed by atoms with Crippen LogP contribution in [-0.2, 0) is 4.74 Å². The number of alkyl carbamates (subject to hydrolysis) is 1. The molecule has 3 N–H and O–H groups in total. The maximum Gasteiger partial charge on any atom is 0.407 e. The molecule has 1 amide bonds. The maximum absolute atomic E-state index is 11.7. The molecule has 1 aromatic rings. The van der Waals surface area contributed by atoms with E-state index in [0.29, 0.717) is 17.5 Å². The normalized spacial score (nSPS) is 18.7. The smallest absolute Gasteiger partial charge is 0.407 e. The SMILES string of the molecule is CC(C)(C)OC(=O)NC1CCN(c2cc(Cl)nc(N)n2)C1. The molecule has 2 rings (SSSR count). The maximum atomic E-state index is 11.7. The molecule has 1 unspecified atom stereocenters. The zero-order chi connectivity index (χ0) is 15.6. The van der Waals surface area contributed by atoms with Crippen LogP contribution >= 0.6 is 11.6 Å². The van der Waals surface area contributed by atoms with Gasteiger partial charge in [0.25, 0.3) is 0 Å². The number of amides is 1. The summed E-state index contributed by atoms with van der Waals surface area (Å²) in [5.41, 5.74) is 5.09. The van der Waals surface area contributed by atoms with E-state index in [1.807, 2.05) is 25.7 Å². The molecule has 1 aromatic heterocycles. The van der Waals surface area contributed by atoms with Gasteiger partial charge in [-0.1, -0.05) is 11.6 Å². The molecule has 0 bridgehead atoms. The van der Waals surface area contributed by atoms with Gasteiger partial charge in [0.1, 0.15) is 16.6 Å². The molecule has 1 atom stereocenters. The second kappa shape index (κ2) is 5.93. The summed E-state index contributed by atoms with van der Waals surface area (Å²) in [7, 11) is 0. The fourth-order valence-corrected chi connectivity index (χ4v) is 2.33. The van der Waals surface area contributed by atoms with Gasteiger partial charge in [0.05, 0.1) is 6.04 Å². The quantitative estimate of drug-likeness (QED) is 0.809. The number of aromatic nitrogens is 2. The Labute approximate surface area is 128 Å². The lowest BCUT2D eigenvalue weighted by atomic mass is 10.2. The van der Waals surface area contributed by atoms with E-state index in [-0.39, 0.29) is 12.0 Å². The minimum absolute atomic E-state index is 0.00909. The second-order valence-corrected chi connectivity index (χ2v) is 6.37. The molecule has 1 saturated heterocycles. The molecule has 8 heteroatoms. The monoisotopic (exact) mass is 313 g/mol. The number of hydrogen-bond acceptors (Lipinski definition) is 6. The topological polar surface area (TPSA) is 93.4 Å². The minimum atomic E-state index is -0.503. The molecular formula is C13H20ClN5O2. The number of nitrogens with one attached hydrogen (secondary N) is 1. The number of carbonyl (C=O) groups excluding carboxylic acids is 1. The molecule has 0 spiro atoms. The molecular weight excluding hydrogens is 294 g/mol. The van der Waals surface area contributed by atoms with Crippen molar-refractivity contribution in [1.82, 2.24) is 15.3 Å². The van der Waals surface area contributed by atoms with Gasteiger partial charge in [0.2, 0.25) is 5.95 Å². The van der Waals surface area contributed by atoms with Gasteiger partial charge in [-0.15, -0.1) is 0 Å². The first-order chi connectivity index (χ1) is 9.73. The van der Waals surface area contributed by atoms with Crippen molar-refractivity contribution in [3.05, 3.63) is 11.2 Å². The highest BCUT2D eigenvalue weighted by Crippen LogP contribution is 2.21. The van der Waals surface area contributed by atoms with E-state index in [4.69, 9.17) is 22.1 Å². The van der Waals surface area contributed by atoms with Gasteiger partial charge in [-0.25, -0.2) is 9.78 Å². The number of ether oxygens (including phenoxy) is 1. The molecule has 2 heterocycles. The number of halogens is 1. The number of nitrogens with two attached hydrogens (primary N) is 1. The number of carbonyl (C=O) groups is 1. The largest absolute Gasteiger partial charge is 0.444 e. The number of rotatable bonds is 2. The van der Waals surface area contributed by atoms with E-state index in [9.17, 15) is 4.79 Å². The highest BCUT2D eigenvalue weighted by atomic mass is 35.5. The van der Waals surface area contributed by atoms with Crippen LogP contribution in [0.4, 0.5) is 16.6 Å². The van der Waals surface area contributed by atoms with Crippen LogP contribution in [0.25, 0.3) is 0 Å². The van der Waals surface area contributed by atoms with Crippen molar-refractivity contribution in [1.29, 1.82) is 0 Å². The van der Waals surface area contributed by atoms with Crippen molar-refractivity contribution in [2.24, 2.45) is 0 Å². The fourth-order valence-electron chi connectivity index (χ4n) is 2.15. The molecule has 0 aliphatic carbocycles. The fraction of sp³-hybridized carbons (Fsp3) is 0.615. The zero-order valence-electron chi connectivity index (χ0n) is 12.4. The van der Waals surface area contributed by atoms with E-state index in [1.54, 1.807) is 6.07 Å². The van der Waals surface area contributed by atoms with Crippen molar-refractivity contribution in [3.63, 3.8) is 0 Å². The first kappa shape index (κ1) is 15.6. The molecule has 1 aliphatic heterocycles. The van der Waals surface area contributed by atoms with Gasteiger partial charge in [0, 0.05) is 19.2 Å². The van der Waals surface area contributed by atoms with Crippen LogP contribution in [0.2, 0.25) is 5.15 Å². The van der Waals surface area contributed by atoms with Crippen LogP contribution in [-0.4, -0.2) is 40.8 Å². The van der Waals surface area contributed by atoms with Gasteiger partial charge in [-0.2, -0.15) is 4.98 Å². The Bertz CT molecular complexity index is 512. The number of hydrogen-bond donors (Lipinski definition) is 2. The van der Waals surface area contributed by atoms with Crippen molar-refractivity contribution < 1.29 is 9.53 Å². The van der Waals surface area contributed by atoms with E-state index < -0.39 is 11.7 Å². The Morgan fingerprint density at radius 3 is 2.86 bits per heavy atom. The average Bonchev–Trinajstić information content (AvgIpc) is 2.73. The molecule has 116 valence electrons. The molecule has 0 aromatic carbocycles. The Balaban J connectivity index is 1.93. The van der Waals surface area contributed by atoms with Crippen molar-refractivity contribution in [2.75, 3.05) is 23.7 Å². The summed E-state index contributed by atoms with van der Waals surface area (Å²) < 4.78 is 5.24. The predicted octanol–water partition coefficient (Wildman–Crippen LogP) is 1.82. The van der Waals surface area contributed by atoms with E-state index >= 15 is 0 Å². The molecule has 21 heavy (non-hydrogen) atoms. The first-order valence-corrected chi connectivity index (χ1v) is 7.15. The van der Waals surface area contributed by atoms with E-state index in [0.717, 1.165) is 13.0 Å². The predicted molar refractivity (Wildman–Crippen MR) is 81.4 cm³/mol. The third kappa shape index (κ3) is 4.63. The lowest BCUT2D eigenvalue weighted by molar-refractivity contribution is 0.0509. The minimum Gasteiger partial charge on any atom is -0.444 e. The standard InChI is InChI=1S/C13H20ClN5O2/c1-13(2,3)21-12(20)16-8-4-5-19(7-8)10-6-9(14)17-11(15)18-10/h6,8H,4-5,7H2,1-3H3,(H,16,20)(H2,15,17,18). The highest BCUT2D eigenvalue weighted by Gasteiger charge is 2.27. The van der Waals surface area contributed by atoms with Crippen LogP contribution < -0.4 is 16.0 Å². The van der Waals surface area contributed by atoms with Gasteiger partial charge in [-0.05, 0) is 27.2 Å². The molecule has 0 radical (unpaired) electrons. The van der Waals surface area contributed by atoms with E-state index in [1.165, 1.54) is 0 Å². The number of nitrogen functional groups attached to an aromatic ring is 1. The third-order valence-electron chi connectivity index (χ3n) is 2.93. The van der Waals surface area contributed by atoms with Crippen LogP contribution in [0.1, 0.15) is 27.2 Å². The number of nitrogens with zero attached hydrogens (tertiary/aromatic N) is 3. The second-order valence-electron chi connectivity index (χ2n) is 5.98. The summed E-state index contributed by atoms with van der Waals surface area (Å²) in [6.07, 6.45) is 0.399. The van der Waals surface area contributed by atoms with Gasteiger partial charge >= 0.3 is 6.09 Å². The summed E-state index contributed by atoms with van der Waals surface area (Å²) in [6.45, 7) is 6.89. The lowest BCUT2D eigenvalue weighted by Gasteiger charge is -2.22. The third-order valence-corrected chi connectivity index (χ3v) is 3.13. The average molecular weight is 314 g/mol. The highest BCUT2D eigenvalue weighted by molar-refractivity contribution is 6.29. The summed E-state index contributed by atoms with van der Waals surface area (Å²) in [4.78, 5) is 21.7. The van der Waals surface area contributed by atoms with Crippen LogP contribution in [0, 0.1) is 0 Å². The van der Waals surface area contributed by atoms with Crippen molar-refractivity contribution in [2.45, 2.75) is 38.8 Å². The summed E-state index contributed by atoms with van der Waals surface area (Å²) in [6, 6.07) is 1.67. The Hall–Kier alpha value is -1.76. The number of anilines is 2. The van der Waals surface area contributed by atoms with Crippen LogP contribution in [0.3, 0.4) is 0 Å². The van der Waals surface area contributed by atoms with Gasteiger partial charge in [0.15, 0.2) is 0 Å².